The average molecular weight is 279 g/mol. The molecule has 2 aromatic rings. The molecule has 0 fully saturated rings. The molecule has 2 heterocycles. The zero-order valence-corrected chi connectivity index (χ0v) is 12.3. The number of methoxy groups -OCH3 is 1. The lowest BCUT2D eigenvalue weighted by atomic mass is 9.88. The largest absolute Gasteiger partial charge is 0.373 e. The molecular formula is C13H21N5O2. The molecule has 0 saturated carbocycles. The number of aromatic nitrogens is 4. The fraction of sp³-hybridized carbons (Fsp3) is 0.615. The van der Waals surface area contributed by atoms with E-state index in [9.17, 15) is 0 Å². The summed E-state index contributed by atoms with van der Waals surface area (Å²) < 4.78 is 10.7. The van der Waals surface area contributed by atoms with Crippen LogP contribution in [-0.2, 0) is 11.2 Å². The predicted octanol–water partition coefficient (Wildman–Crippen LogP) is 1.77. The van der Waals surface area contributed by atoms with Gasteiger partial charge in [-0.05, 0) is 5.41 Å². The van der Waals surface area contributed by atoms with Crippen LogP contribution in [0.5, 0.6) is 0 Å². The van der Waals surface area contributed by atoms with E-state index in [1.54, 1.807) is 19.6 Å². The minimum absolute atomic E-state index is 0.122. The first-order chi connectivity index (χ1) is 9.41. The molecule has 0 aliphatic carbocycles. The summed E-state index contributed by atoms with van der Waals surface area (Å²) in [5, 5.41) is 3.99. The van der Waals surface area contributed by atoms with Crippen molar-refractivity contribution < 1.29 is 9.26 Å². The number of imidazole rings is 1. The van der Waals surface area contributed by atoms with Crippen LogP contribution in [0.3, 0.4) is 0 Å². The summed E-state index contributed by atoms with van der Waals surface area (Å²) in [7, 11) is 1.64. The predicted molar refractivity (Wildman–Crippen MR) is 72.7 cm³/mol. The average Bonchev–Trinajstić information content (AvgIpc) is 2.99. The van der Waals surface area contributed by atoms with Crippen molar-refractivity contribution in [2.45, 2.75) is 39.3 Å². The molecule has 0 bridgehead atoms. The van der Waals surface area contributed by atoms with Crippen LogP contribution in [0.25, 0.3) is 0 Å². The van der Waals surface area contributed by atoms with Gasteiger partial charge in [-0.3, -0.25) is 0 Å². The Bertz CT molecular complexity index is 529. The number of rotatable bonds is 5. The minimum atomic E-state index is -0.367. The highest BCUT2D eigenvalue weighted by molar-refractivity contribution is 5.04. The van der Waals surface area contributed by atoms with E-state index < -0.39 is 0 Å². The molecule has 0 spiro atoms. The maximum Gasteiger partial charge on any atom is 0.244 e. The Morgan fingerprint density at radius 3 is 2.75 bits per heavy atom. The standard InChI is InChI=1S/C13H21N5O2/c1-13(2,3)10(19-4)11-17-12(20-18-11)9(14)5-8-6-15-7-16-8/h6-7,9-10H,5,14H2,1-4H3,(H,15,16)/t9-,10?/m1/s1. The zero-order chi connectivity index (χ0) is 14.8. The van der Waals surface area contributed by atoms with Gasteiger partial charge in [0.05, 0.1) is 12.4 Å². The smallest absolute Gasteiger partial charge is 0.244 e. The molecule has 2 atom stereocenters. The van der Waals surface area contributed by atoms with Crippen LogP contribution in [-0.4, -0.2) is 27.2 Å². The molecular weight excluding hydrogens is 258 g/mol. The summed E-state index contributed by atoms with van der Waals surface area (Å²) in [4.78, 5) is 11.3. The number of aromatic amines is 1. The third-order valence-electron chi connectivity index (χ3n) is 3.03. The Kier molecular flexibility index (Phi) is 4.20. The van der Waals surface area contributed by atoms with Crippen molar-refractivity contribution in [3.8, 4) is 0 Å². The maximum absolute atomic E-state index is 6.07. The van der Waals surface area contributed by atoms with Gasteiger partial charge in [0.1, 0.15) is 6.10 Å². The summed E-state index contributed by atoms with van der Waals surface area (Å²) in [6, 6.07) is -0.367. The lowest BCUT2D eigenvalue weighted by Crippen LogP contribution is -2.21. The van der Waals surface area contributed by atoms with E-state index in [2.05, 4.69) is 40.9 Å². The summed E-state index contributed by atoms with van der Waals surface area (Å²) in [5.41, 5.74) is 6.87. The molecule has 7 heteroatoms. The number of hydrogen-bond acceptors (Lipinski definition) is 6. The first-order valence-corrected chi connectivity index (χ1v) is 6.51. The van der Waals surface area contributed by atoms with E-state index in [4.69, 9.17) is 15.0 Å². The van der Waals surface area contributed by atoms with Crippen LogP contribution >= 0.6 is 0 Å². The maximum atomic E-state index is 6.07. The highest BCUT2D eigenvalue weighted by Gasteiger charge is 2.31. The van der Waals surface area contributed by atoms with Gasteiger partial charge in [-0.1, -0.05) is 25.9 Å². The fourth-order valence-corrected chi connectivity index (χ4v) is 2.07. The second kappa shape index (κ2) is 5.72. The topological polar surface area (TPSA) is 103 Å². The third kappa shape index (κ3) is 3.23. The van der Waals surface area contributed by atoms with E-state index >= 15 is 0 Å². The van der Waals surface area contributed by atoms with Gasteiger partial charge in [0.15, 0.2) is 0 Å². The molecule has 0 aliphatic heterocycles. The Balaban J connectivity index is 2.11. The van der Waals surface area contributed by atoms with Gasteiger partial charge in [0, 0.05) is 25.4 Å². The lowest BCUT2D eigenvalue weighted by Gasteiger charge is -2.26. The Morgan fingerprint density at radius 2 is 2.20 bits per heavy atom. The Labute approximate surface area is 117 Å². The monoisotopic (exact) mass is 279 g/mol. The summed E-state index contributed by atoms with van der Waals surface area (Å²) >= 11 is 0. The first kappa shape index (κ1) is 14.7. The normalized spacial score (nSPS) is 15.2. The van der Waals surface area contributed by atoms with Crippen LogP contribution in [0.1, 0.15) is 50.3 Å². The van der Waals surface area contributed by atoms with Crippen molar-refractivity contribution >= 4 is 0 Å². The van der Waals surface area contributed by atoms with Crippen molar-refractivity contribution in [3.63, 3.8) is 0 Å². The van der Waals surface area contributed by atoms with Crippen molar-refractivity contribution in [1.29, 1.82) is 0 Å². The van der Waals surface area contributed by atoms with Crippen LogP contribution in [0.2, 0.25) is 0 Å². The van der Waals surface area contributed by atoms with Gasteiger partial charge in [-0.15, -0.1) is 0 Å². The van der Waals surface area contributed by atoms with Crippen LogP contribution < -0.4 is 5.73 Å². The molecule has 7 nitrogen and oxygen atoms in total. The van der Waals surface area contributed by atoms with Gasteiger partial charge in [0.25, 0.3) is 0 Å². The molecule has 3 N–H and O–H groups in total. The van der Waals surface area contributed by atoms with Gasteiger partial charge in [-0.25, -0.2) is 4.98 Å². The number of nitrogens with two attached hydrogens (primary N) is 1. The number of nitrogens with zero attached hydrogens (tertiary/aromatic N) is 3. The summed E-state index contributed by atoms with van der Waals surface area (Å²) in [6.07, 6.45) is 3.67. The molecule has 1 unspecified atom stereocenters. The van der Waals surface area contributed by atoms with Gasteiger partial charge < -0.3 is 20.0 Å². The van der Waals surface area contributed by atoms with Crippen LogP contribution in [0.4, 0.5) is 0 Å². The van der Waals surface area contributed by atoms with E-state index in [0.29, 0.717) is 18.1 Å². The zero-order valence-electron chi connectivity index (χ0n) is 12.3. The van der Waals surface area contributed by atoms with Crippen molar-refractivity contribution in [1.82, 2.24) is 20.1 Å². The van der Waals surface area contributed by atoms with E-state index in [0.717, 1.165) is 5.69 Å². The molecule has 2 rings (SSSR count). The SMILES string of the molecule is COC(c1noc([C@H](N)Cc2cnc[nH]2)n1)C(C)(C)C. The molecule has 110 valence electrons. The van der Waals surface area contributed by atoms with Crippen molar-refractivity contribution in [2.24, 2.45) is 11.1 Å². The molecule has 0 amide bonds. The quantitative estimate of drug-likeness (QED) is 0.864. The molecule has 0 aromatic carbocycles. The second-order valence-corrected chi connectivity index (χ2v) is 5.86. The first-order valence-electron chi connectivity index (χ1n) is 6.51. The minimum Gasteiger partial charge on any atom is -0.373 e. The van der Waals surface area contributed by atoms with Gasteiger partial charge in [0.2, 0.25) is 11.7 Å². The van der Waals surface area contributed by atoms with E-state index in [1.807, 2.05) is 0 Å². The van der Waals surface area contributed by atoms with E-state index in [-0.39, 0.29) is 17.6 Å². The number of ether oxygens (including phenoxy) is 1. The summed E-state index contributed by atoms with van der Waals surface area (Å²) in [5.74, 6) is 0.927. The Hall–Kier alpha value is -1.73. The number of nitrogens with one attached hydrogen (secondary N) is 1. The van der Waals surface area contributed by atoms with Gasteiger partial charge in [-0.2, -0.15) is 4.98 Å². The Morgan fingerprint density at radius 1 is 1.45 bits per heavy atom. The molecule has 0 saturated heterocycles. The lowest BCUT2D eigenvalue weighted by molar-refractivity contribution is 0.00718. The van der Waals surface area contributed by atoms with Crippen molar-refractivity contribution in [3.05, 3.63) is 29.9 Å². The molecule has 2 aromatic heterocycles. The highest BCUT2D eigenvalue weighted by Crippen LogP contribution is 2.34. The molecule has 0 aliphatic rings. The summed E-state index contributed by atoms with van der Waals surface area (Å²) in [6.45, 7) is 6.17. The number of hydrogen-bond donors (Lipinski definition) is 2. The van der Waals surface area contributed by atoms with Crippen LogP contribution in [0.15, 0.2) is 17.0 Å². The second-order valence-electron chi connectivity index (χ2n) is 5.86. The van der Waals surface area contributed by atoms with E-state index in [1.165, 1.54) is 0 Å². The van der Waals surface area contributed by atoms with Gasteiger partial charge >= 0.3 is 0 Å². The van der Waals surface area contributed by atoms with Crippen LogP contribution in [0, 0.1) is 5.41 Å². The fourth-order valence-electron chi connectivity index (χ4n) is 2.07. The number of H-pyrrole nitrogens is 1. The highest BCUT2D eigenvalue weighted by atomic mass is 16.5. The molecule has 20 heavy (non-hydrogen) atoms. The molecule has 0 radical (unpaired) electrons. The third-order valence-corrected chi connectivity index (χ3v) is 3.03. The van der Waals surface area contributed by atoms with Crippen molar-refractivity contribution in [2.75, 3.05) is 7.11 Å².